The standard InChI is InChI=1S/C31H26FN3O2/c32-23-18-25-20-35(29-13-7-6-12-28(29)34(25)19-23)31(37)22-14-16-24(17-15-22)33-30(36)27-11-5-4-10-26(27)21-8-2-1-3-9-21/h1-17,23,25H,18-20H2,(H,33,36)/t23-,25+/m0/s1. The van der Waals surface area contributed by atoms with Gasteiger partial charge in [0.05, 0.1) is 17.4 Å². The van der Waals surface area contributed by atoms with Gasteiger partial charge in [-0.25, -0.2) is 4.39 Å². The summed E-state index contributed by atoms with van der Waals surface area (Å²) in [5.41, 5.74) is 5.21. The van der Waals surface area contributed by atoms with Crippen molar-refractivity contribution >= 4 is 28.9 Å². The van der Waals surface area contributed by atoms with Crippen LogP contribution in [0.1, 0.15) is 27.1 Å². The van der Waals surface area contributed by atoms with Crippen molar-refractivity contribution in [3.8, 4) is 11.1 Å². The van der Waals surface area contributed by atoms with Gasteiger partial charge in [0.2, 0.25) is 0 Å². The molecule has 0 aliphatic carbocycles. The van der Waals surface area contributed by atoms with Crippen LogP contribution in [0.5, 0.6) is 0 Å². The number of para-hydroxylation sites is 2. The zero-order chi connectivity index (χ0) is 25.4. The van der Waals surface area contributed by atoms with Gasteiger partial charge in [-0.3, -0.25) is 9.59 Å². The van der Waals surface area contributed by atoms with Crippen LogP contribution in [0.4, 0.5) is 21.5 Å². The number of nitrogens with zero attached hydrogens (tertiary/aromatic N) is 2. The summed E-state index contributed by atoms with van der Waals surface area (Å²) in [6.45, 7) is 0.816. The Labute approximate surface area is 215 Å². The molecule has 2 atom stereocenters. The van der Waals surface area contributed by atoms with E-state index in [1.165, 1.54) is 0 Å². The third-order valence-corrected chi connectivity index (χ3v) is 7.13. The van der Waals surface area contributed by atoms with E-state index in [-0.39, 0.29) is 17.9 Å². The average Bonchev–Trinajstić information content (AvgIpc) is 3.33. The fourth-order valence-electron chi connectivity index (χ4n) is 5.37. The highest BCUT2D eigenvalue weighted by atomic mass is 19.1. The molecule has 0 unspecified atom stereocenters. The first-order valence-corrected chi connectivity index (χ1v) is 12.5. The van der Waals surface area contributed by atoms with Crippen LogP contribution in [0.15, 0.2) is 103 Å². The molecule has 2 aliphatic heterocycles. The lowest BCUT2D eigenvalue weighted by molar-refractivity contribution is 0.0983. The molecule has 1 fully saturated rings. The largest absolute Gasteiger partial charge is 0.362 e. The minimum atomic E-state index is -0.886. The Balaban J connectivity index is 1.21. The van der Waals surface area contributed by atoms with Crippen molar-refractivity contribution in [3.63, 3.8) is 0 Å². The number of hydrogen-bond donors (Lipinski definition) is 1. The van der Waals surface area contributed by atoms with Gasteiger partial charge in [-0.15, -0.1) is 0 Å². The molecular weight excluding hydrogens is 465 g/mol. The number of benzene rings is 4. The number of hydrogen-bond acceptors (Lipinski definition) is 3. The average molecular weight is 492 g/mol. The number of nitrogens with one attached hydrogen (secondary N) is 1. The van der Waals surface area contributed by atoms with Gasteiger partial charge < -0.3 is 15.1 Å². The van der Waals surface area contributed by atoms with E-state index in [4.69, 9.17) is 0 Å². The molecule has 6 heteroatoms. The molecule has 184 valence electrons. The van der Waals surface area contributed by atoms with Crippen molar-refractivity contribution in [3.05, 3.63) is 114 Å². The first-order valence-electron chi connectivity index (χ1n) is 12.5. The van der Waals surface area contributed by atoms with Crippen LogP contribution < -0.4 is 15.1 Å². The first kappa shape index (κ1) is 23.0. The number of fused-ring (bicyclic) bond motifs is 3. The van der Waals surface area contributed by atoms with Crippen molar-refractivity contribution in [1.29, 1.82) is 0 Å². The Morgan fingerprint density at radius 2 is 1.43 bits per heavy atom. The molecule has 0 aromatic heterocycles. The normalized spacial score (nSPS) is 18.2. The number of rotatable bonds is 4. The Kier molecular flexibility index (Phi) is 5.93. The van der Waals surface area contributed by atoms with Crippen LogP contribution in [0, 0.1) is 0 Å². The fourth-order valence-corrected chi connectivity index (χ4v) is 5.37. The highest BCUT2D eigenvalue weighted by Crippen LogP contribution is 2.40. The maximum absolute atomic E-state index is 14.2. The summed E-state index contributed by atoms with van der Waals surface area (Å²) in [6, 6.07) is 31.9. The molecule has 5 nitrogen and oxygen atoms in total. The summed E-state index contributed by atoms with van der Waals surface area (Å²) in [4.78, 5) is 30.5. The third-order valence-electron chi connectivity index (χ3n) is 7.13. The topological polar surface area (TPSA) is 52.7 Å². The zero-order valence-corrected chi connectivity index (χ0v) is 20.2. The monoisotopic (exact) mass is 491 g/mol. The van der Waals surface area contributed by atoms with Crippen LogP contribution in [0.25, 0.3) is 11.1 Å². The molecule has 0 saturated carbocycles. The molecule has 2 aliphatic rings. The number of carbonyl (C=O) groups is 2. The Morgan fingerprint density at radius 3 is 2.22 bits per heavy atom. The van der Waals surface area contributed by atoms with Gasteiger partial charge >= 0.3 is 0 Å². The molecule has 0 bridgehead atoms. The predicted octanol–water partition coefficient (Wildman–Crippen LogP) is 6.18. The molecule has 4 aromatic rings. The third kappa shape index (κ3) is 4.35. The zero-order valence-electron chi connectivity index (χ0n) is 20.2. The Bertz CT molecular complexity index is 1460. The number of alkyl halides is 1. The maximum Gasteiger partial charge on any atom is 0.258 e. The van der Waals surface area contributed by atoms with Crippen molar-refractivity contribution < 1.29 is 14.0 Å². The SMILES string of the molecule is O=C(Nc1ccc(C(=O)N2C[C@H]3C[C@H](F)CN3c3ccccc32)cc1)c1ccccc1-c1ccccc1. The van der Waals surface area contributed by atoms with Crippen molar-refractivity contribution in [2.24, 2.45) is 0 Å². The number of anilines is 3. The highest BCUT2D eigenvalue weighted by molar-refractivity contribution is 6.10. The summed E-state index contributed by atoms with van der Waals surface area (Å²) in [5.74, 6) is -0.354. The van der Waals surface area contributed by atoms with Gasteiger partial charge in [0.1, 0.15) is 6.17 Å². The lowest BCUT2D eigenvalue weighted by Crippen LogP contribution is -2.48. The molecule has 1 N–H and O–H groups in total. The van der Waals surface area contributed by atoms with Gasteiger partial charge in [-0.2, -0.15) is 0 Å². The van der Waals surface area contributed by atoms with Crippen LogP contribution in [-0.4, -0.2) is 37.1 Å². The van der Waals surface area contributed by atoms with E-state index < -0.39 is 6.17 Å². The number of amides is 2. The van der Waals surface area contributed by atoms with Gasteiger partial charge in [0.15, 0.2) is 0 Å². The number of carbonyl (C=O) groups excluding carboxylic acids is 2. The fraction of sp³-hybridized carbons (Fsp3) is 0.161. The quantitative estimate of drug-likeness (QED) is 0.371. The van der Waals surface area contributed by atoms with Gasteiger partial charge in [-0.05, 0) is 53.6 Å². The van der Waals surface area contributed by atoms with Gasteiger partial charge in [0, 0.05) is 36.3 Å². The molecule has 1 saturated heterocycles. The molecule has 0 spiro atoms. The second kappa shape index (κ2) is 9.54. The van der Waals surface area contributed by atoms with E-state index in [0.29, 0.717) is 36.3 Å². The molecular formula is C31H26FN3O2. The lowest BCUT2D eigenvalue weighted by Gasteiger charge is -2.40. The Hall–Kier alpha value is -4.45. The number of halogens is 1. The predicted molar refractivity (Wildman–Crippen MR) is 145 cm³/mol. The first-order chi connectivity index (χ1) is 18.1. The van der Waals surface area contributed by atoms with Crippen LogP contribution >= 0.6 is 0 Å². The molecule has 37 heavy (non-hydrogen) atoms. The Morgan fingerprint density at radius 1 is 0.757 bits per heavy atom. The van der Waals surface area contributed by atoms with Crippen LogP contribution in [0.3, 0.4) is 0 Å². The summed E-state index contributed by atoms with van der Waals surface area (Å²) >= 11 is 0. The summed E-state index contributed by atoms with van der Waals surface area (Å²) in [6.07, 6.45) is -0.462. The molecule has 2 heterocycles. The summed E-state index contributed by atoms with van der Waals surface area (Å²) < 4.78 is 14.2. The van der Waals surface area contributed by atoms with Gasteiger partial charge in [0.25, 0.3) is 11.8 Å². The molecule has 0 radical (unpaired) electrons. The van der Waals surface area contributed by atoms with E-state index in [1.807, 2.05) is 72.8 Å². The summed E-state index contributed by atoms with van der Waals surface area (Å²) in [5, 5.41) is 2.95. The van der Waals surface area contributed by atoms with Gasteiger partial charge in [-0.1, -0.05) is 60.7 Å². The van der Waals surface area contributed by atoms with E-state index >= 15 is 0 Å². The summed E-state index contributed by atoms with van der Waals surface area (Å²) in [7, 11) is 0. The smallest absolute Gasteiger partial charge is 0.258 e. The minimum absolute atomic E-state index is 0.0305. The second-order valence-electron chi connectivity index (χ2n) is 9.49. The van der Waals surface area contributed by atoms with Crippen LogP contribution in [0.2, 0.25) is 0 Å². The maximum atomic E-state index is 14.2. The van der Waals surface area contributed by atoms with E-state index in [9.17, 15) is 14.0 Å². The molecule has 6 rings (SSSR count). The van der Waals surface area contributed by atoms with E-state index in [2.05, 4.69) is 10.2 Å². The van der Waals surface area contributed by atoms with Crippen molar-refractivity contribution in [1.82, 2.24) is 0 Å². The van der Waals surface area contributed by atoms with E-state index in [1.54, 1.807) is 35.2 Å². The van der Waals surface area contributed by atoms with Crippen LogP contribution in [-0.2, 0) is 0 Å². The molecule has 4 aromatic carbocycles. The highest BCUT2D eigenvalue weighted by Gasteiger charge is 2.40. The van der Waals surface area contributed by atoms with Crippen molar-refractivity contribution in [2.45, 2.75) is 18.6 Å². The van der Waals surface area contributed by atoms with E-state index in [0.717, 1.165) is 22.5 Å². The second-order valence-corrected chi connectivity index (χ2v) is 9.49. The van der Waals surface area contributed by atoms with Crippen molar-refractivity contribution in [2.75, 3.05) is 28.2 Å². The lowest BCUT2D eigenvalue weighted by atomic mass is 9.99. The molecule has 2 amide bonds. The minimum Gasteiger partial charge on any atom is -0.362 e.